The van der Waals surface area contributed by atoms with Gasteiger partial charge in [-0.2, -0.15) is 0 Å². The highest BCUT2D eigenvalue weighted by molar-refractivity contribution is 5.36. The predicted octanol–water partition coefficient (Wildman–Crippen LogP) is 2.98. The third-order valence-electron chi connectivity index (χ3n) is 3.21. The van der Waals surface area contributed by atoms with Crippen LogP contribution in [0.15, 0.2) is 12.1 Å². The van der Waals surface area contributed by atoms with E-state index in [0.717, 1.165) is 19.7 Å². The first-order valence-electron chi connectivity index (χ1n) is 6.31. The molecule has 0 aliphatic rings. The Morgan fingerprint density at radius 1 is 1.12 bits per heavy atom. The summed E-state index contributed by atoms with van der Waals surface area (Å²) in [7, 11) is 1.75. The molecular formula is C15H25NO. The van der Waals surface area contributed by atoms with Crippen LogP contribution in [0.25, 0.3) is 0 Å². The quantitative estimate of drug-likeness (QED) is 0.818. The van der Waals surface area contributed by atoms with Gasteiger partial charge in [0.25, 0.3) is 0 Å². The van der Waals surface area contributed by atoms with Crippen molar-refractivity contribution in [3.63, 3.8) is 0 Å². The first-order chi connectivity index (χ1) is 8.04. The Labute approximate surface area is 105 Å². The highest BCUT2D eigenvalue weighted by atomic mass is 16.5. The summed E-state index contributed by atoms with van der Waals surface area (Å²) in [6, 6.07) is 4.56. The van der Waals surface area contributed by atoms with Crippen molar-refractivity contribution in [3.8, 4) is 0 Å². The molecule has 0 fully saturated rings. The minimum Gasteiger partial charge on any atom is -0.384 e. The van der Waals surface area contributed by atoms with Crippen molar-refractivity contribution in [2.45, 2.75) is 34.2 Å². The number of benzene rings is 1. The number of rotatable bonds is 6. The van der Waals surface area contributed by atoms with Gasteiger partial charge in [-0.15, -0.1) is 0 Å². The van der Waals surface area contributed by atoms with E-state index >= 15 is 0 Å². The molecule has 1 unspecified atom stereocenters. The normalized spacial score (nSPS) is 12.8. The molecule has 0 aliphatic carbocycles. The first kappa shape index (κ1) is 14.2. The minimum atomic E-state index is 0.562. The van der Waals surface area contributed by atoms with Crippen LogP contribution in [0.4, 0.5) is 0 Å². The topological polar surface area (TPSA) is 21.3 Å². The molecule has 2 heteroatoms. The van der Waals surface area contributed by atoms with E-state index in [4.69, 9.17) is 4.74 Å². The van der Waals surface area contributed by atoms with Crippen molar-refractivity contribution in [2.75, 3.05) is 20.3 Å². The molecule has 1 aromatic carbocycles. The monoisotopic (exact) mass is 235 g/mol. The van der Waals surface area contributed by atoms with Gasteiger partial charge >= 0.3 is 0 Å². The molecule has 1 N–H and O–H groups in total. The minimum absolute atomic E-state index is 0.562. The average molecular weight is 235 g/mol. The summed E-state index contributed by atoms with van der Waals surface area (Å²) in [5.74, 6) is 0.562. The van der Waals surface area contributed by atoms with Crippen LogP contribution < -0.4 is 5.32 Å². The van der Waals surface area contributed by atoms with E-state index in [1.165, 1.54) is 22.3 Å². The van der Waals surface area contributed by atoms with Gasteiger partial charge < -0.3 is 10.1 Å². The standard InChI is InChI=1S/C15H25NO/c1-11(10-17-5)8-16-9-15-7-13(3)12(2)6-14(15)4/h6-7,11,16H,8-10H2,1-5H3. The highest BCUT2D eigenvalue weighted by Crippen LogP contribution is 2.15. The van der Waals surface area contributed by atoms with Gasteiger partial charge in [-0.25, -0.2) is 0 Å². The SMILES string of the molecule is COCC(C)CNCc1cc(C)c(C)cc1C. The molecule has 0 radical (unpaired) electrons. The number of aryl methyl sites for hydroxylation is 3. The zero-order valence-corrected chi connectivity index (χ0v) is 11.8. The van der Waals surface area contributed by atoms with Crippen LogP contribution in [0, 0.1) is 26.7 Å². The largest absolute Gasteiger partial charge is 0.384 e. The molecule has 96 valence electrons. The van der Waals surface area contributed by atoms with Crippen molar-refractivity contribution < 1.29 is 4.74 Å². The van der Waals surface area contributed by atoms with Crippen LogP contribution in [0.3, 0.4) is 0 Å². The summed E-state index contributed by atoms with van der Waals surface area (Å²) < 4.78 is 5.12. The van der Waals surface area contributed by atoms with E-state index in [1.54, 1.807) is 7.11 Å². The van der Waals surface area contributed by atoms with Gasteiger partial charge in [0.1, 0.15) is 0 Å². The van der Waals surface area contributed by atoms with Crippen molar-refractivity contribution >= 4 is 0 Å². The number of ether oxygens (including phenoxy) is 1. The van der Waals surface area contributed by atoms with E-state index in [2.05, 4.69) is 45.1 Å². The summed E-state index contributed by atoms with van der Waals surface area (Å²) in [4.78, 5) is 0. The summed E-state index contributed by atoms with van der Waals surface area (Å²) in [6.07, 6.45) is 0. The Balaban J connectivity index is 2.49. The van der Waals surface area contributed by atoms with Crippen LogP contribution in [-0.4, -0.2) is 20.3 Å². The zero-order valence-electron chi connectivity index (χ0n) is 11.8. The molecule has 0 spiro atoms. The lowest BCUT2D eigenvalue weighted by Gasteiger charge is -2.14. The lowest BCUT2D eigenvalue weighted by Crippen LogP contribution is -2.23. The second-order valence-electron chi connectivity index (χ2n) is 5.05. The maximum Gasteiger partial charge on any atom is 0.0499 e. The van der Waals surface area contributed by atoms with Crippen molar-refractivity contribution in [3.05, 3.63) is 34.4 Å². The Morgan fingerprint density at radius 2 is 1.76 bits per heavy atom. The Hall–Kier alpha value is -0.860. The molecule has 0 saturated carbocycles. The van der Waals surface area contributed by atoms with E-state index < -0.39 is 0 Å². The molecule has 0 aliphatic heterocycles. The highest BCUT2D eigenvalue weighted by Gasteiger charge is 2.04. The lowest BCUT2D eigenvalue weighted by atomic mass is 10.0. The third kappa shape index (κ3) is 4.49. The van der Waals surface area contributed by atoms with Gasteiger partial charge in [0, 0.05) is 26.8 Å². The maximum atomic E-state index is 5.12. The molecule has 0 aromatic heterocycles. The summed E-state index contributed by atoms with van der Waals surface area (Å²) in [5, 5.41) is 3.49. The van der Waals surface area contributed by atoms with Crippen molar-refractivity contribution in [2.24, 2.45) is 5.92 Å². The molecule has 1 aromatic rings. The molecule has 0 saturated heterocycles. The van der Waals surface area contributed by atoms with Crippen molar-refractivity contribution in [1.29, 1.82) is 0 Å². The second kappa shape index (κ2) is 6.77. The molecule has 0 amide bonds. The Bertz CT molecular complexity index is 360. The van der Waals surface area contributed by atoms with E-state index in [1.807, 2.05) is 0 Å². The average Bonchev–Trinajstić information content (AvgIpc) is 2.26. The number of hydrogen-bond acceptors (Lipinski definition) is 2. The van der Waals surface area contributed by atoms with Crippen LogP contribution >= 0.6 is 0 Å². The van der Waals surface area contributed by atoms with Crippen LogP contribution in [0.2, 0.25) is 0 Å². The van der Waals surface area contributed by atoms with Gasteiger partial charge in [-0.05, 0) is 48.9 Å². The molecule has 1 atom stereocenters. The van der Waals surface area contributed by atoms with Gasteiger partial charge in [0.15, 0.2) is 0 Å². The number of nitrogens with one attached hydrogen (secondary N) is 1. The summed E-state index contributed by atoms with van der Waals surface area (Å²) in [5.41, 5.74) is 5.52. The number of methoxy groups -OCH3 is 1. The zero-order chi connectivity index (χ0) is 12.8. The molecule has 1 rings (SSSR count). The number of hydrogen-bond donors (Lipinski definition) is 1. The first-order valence-corrected chi connectivity index (χ1v) is 6.31. The summed E-state index contributed by atoms with van der Waals surface area (Å²) >= 11 is 0. The van der Waals surface area contributed by atoms with E-state index in [-0.39, 0.29) is 0 Å². The Morgan fingerprint density at radius 3 is 2.41 bits per heavy atom. The van der Waals surface area contributed by atoms with Crippen LogP contribution in [0.1, 0.15) is 29.2 Å². The van der Waals surface area contributed by atoms with E-state index in [0.29, 0.717) is 5.92 Å². The maximum absolute atomic E-state index is 5.12. The Kier molecular flexibility index (Phi) is 5.66. The van der Waals surface area contributed by atoms with Crippen molar-refractivity contribution in [1.82, 2.24) is 5.32 Å². The van der Waals surface area contributed by atoms with Gasteiger partial charge in [0.05, 0.1) is 0 Å². The molecular weight excluding hydrogens is 210 g/mol. The van der Waals surface area contributed by atoms with Gasteiger partial charge in [-0.3, -0.25) is 0 Å². The van der Waals surface area contributed by atoms with Gasteiger partial charge in [-0.1, -0.05) is 19.1 Å². The second-order valence-corrected chi connectivity index (χ2v) is 5.05. The fraction of sp³-hybridized carbons (Fsp3) is 0.600. The van der Waals surface area contributed by atoms with Crippen LogP contribution in [-0.2, 0) is 11.3 Å². The fourth-order valence-corrected chi connectivity index (χ4v) is 2.01. The summed E-state index contributed by atoms with van der Waals surface area (Å²) in [6.45, 7) is 11.5. The molecule has 17 heavy (non-hydrogen) atoms. The molecule has 0 heterocycles. The van der Waals surface area contributed by atoms with E-state index in [9.17, 15) is 0 Å². The smallest absolute Gasteiger partial charge is 0.0499 e. The fourth-order valence-electron chi connectivity index (χ4n) is 2.01. The molecule has 2 nitrogen and oxygen atoms in total. The van der Waals surface area contributed by atoms with Gasteiger partial charge in [0.2, 0.25) is 0 Å². The lowest BCUT2D eigenvalue weighted by molar-refractivity contribution is 0.158. The third-order valence-corrected chi connectivity index (χ3v) is 3.21. The van der Waals surface area contributed by atoms with Crippen LogP contribution in [0.5, 0.6) is 0 Å². The predicted molar refractivity (Wildman–Crippen MR) is 73.4 cm³/mol. The molecule has 0 bridgehead atoms.